The van der Waals surface area contributed by atoms with Crippen LogP contribution in [0.3, 0.4) is 0 Å². The summed E-state index contributed by atoms with van der Waals surface area (Å²) in [4.78, 5) is 10.4. The molecule has 2 heterocycles. The maximum Gasteiger partial charge on any atom is 0.228 e. The minimum absolute atomic E-state index is 0.183. The number of benzene rings is 1. The lowest BCUT2D eigenvalue weighted by atomic mass is 10.0. The zero-order valence-corrected chi connectivity index (χ0v) is 10.7. The largest absolute Gasteiger partial charge is 0.439 e. The fourth-order valence-electron chi connectivity index (χ4n) is 2.01. The second-order valence-electron chi connectivity index (χ2n) is 4.70. The number of halogens is 1. The second-order valence-corrected chi connectivity index (χ2v) is 4.70. The molecule has 0 radical (unpaired) electrons. The lowest BCUT2D eigenvalue weighted by molar-refractivity contribution is 0.199. The number of aliphatic hydroxyl groups excluding tert-OH is 1. The molecule has 1 aliphatic heterocycles. The molecule has 2 aromatic rings. The van der Waals surface area contributed by atoms with Gasteiger partial charge in [-0.25, -0.2) is 9.37 Å². The van der Waals surface area contributed by atoms with Crippen molar-refractivity contribution in [2.75, 3.05) is 24.6 Å². The Balaban J connectivity index is 1.70. The minimum Gasteiger partial charge on any atom is -0.439 e. The van der Waals surface area contributed by atoms with Crippen molar-refractivity contribution in [3.8, 4) is 11.6 Å². The first-order valence-corrected chi connectivity index (χ1v) is 6.37. The monoisotopic (exact) mass is 275 g/mol. The van der Waals surface area contributed by atoms with Crippen molar-refractivity contribution in [3.05, 3.63) is 42.3 Å². The molecule has 20 heavy (non-hydrogen) atoms. The van der Waals surface area contributed by atoms with Gasteiger partial charge in [-0.15, -0.1) is 0 Å². The Labute approximate surface area is 115 Å². The lowest BCUT2D eigenvalue weighted by Crippen LogP contribution is -2.49. The molecule has 1 saturated heterocycles. The molecular weight excluding hydrogens is 261 g/mol. The summed E-state index contributed by atoms with van der Waals surface area (Å²) in [6, 6.07) is 7.40. The first-order chi connectivity index (χ1) is 9.74. The van der Waals surface area contributed by atoms with Gasteiger partial charge >= 0.3 is 0 Å². The molecule has 1 aromatic heterocycles. The van der Waals surface area contributed by atoms with Crippen LogP contribution in [0.4, 0.5) is 10.3 Å². The Morgan fingerprint density at radius 1 is 1.25 bits per heavy atom. The van der Waals surface area contributed by atoms with E-state index in [0.717, 1.165) is 13.1 Å². The zero-order chi connectivity index (χ0) is 13.9. The summed E-state index contributed by atoms with van der Waals surface area (Å²) in [7, 11) is 0. The highest BCUT2D eigenvalue weighted by molar-refractivity contribution is 5.37. The van der Waals surface area contributed by atoms with Crippen LogP contribution in [0, 0.1) is 11.7 Å². The standard InChI is InChI=1S/C14H14FN3O2/c15-11-1-3-12(4-2-11)20-13-5-6-16-14(17-13)18-7-10(8-18)9-19/h1-6,10,19H,7-9H2. The molecule has 1 aliphatic rings. The summed E-state index contributed by atoms with van der Waals surface area (Å²) in [6.07, 6.45) is 1.62. The van der Waals surface area contributed by atoms with E-state index >= 15 is 0 Å². The quantitative estimate of drug-likeness (QED) is 0.922. The van der Waals surface area contributed by atoms with Gasteiger partial charge in [0.1, 0.15) is 11.6 Å². The Morgan fingerprint density at radius 3 is 2.70 bits per heavy atom. The van der Waals surface area contributed by atoms with Crippen LogP contribution in [0.1, 0.15) is 0 Å². The molecule has 0 aliphatic carbocycles. The molecule has 5 nitrogen and oxygen atoms in total. The molecule has 3 rings (SSSR count). The van der Waals surface area contributed by atoms with E-state index in [2.05, 4.69) is 9.97 Å². The van der Waals surface area contributed by atoms with Gasteiger partial charge in [0.2, 0.25) is 11.8 Å². The Hall–Kier alpha value is -2.21. The fraction of sp³-hybridized carbons (Fsp3) is 0.286. The molecule has 1 fully saturated rings. The van der Waals surface area contributed by atoms with E-state index in [-0.39, 0.29) is 12.4 Å². The van der Waals surface area contributed by atoms with Crippen molar-refractivity contribution in [2.24, 2.45) is 5.92 Å². The van der Waals surface area contributed by atoms with Crippen LogP contribution in [-0.2, 0) is 0 Å². The fourth-order valence-corrected chi connectivity index (χ4v) is 2.01. The summed E-state index contributed by atoms with van der Waals surface area (Å²) in [5.41, 5.74) is 0. The highest BCUT2D eigenvalue weighted by atomic mass is 19.1. The predicted molar refractivity (Wildman–Crippen MR) is 71.3 cm³/mol. The maximum atomic E-state index is 12.8. The second kappa shape index (κ2) is 5.42. The van der Waals surface area contributed by atoms with Crippen molar-refractivity contribution in [1.82, 2.24) is 9.97 Å². The Morgan fingerprint density at radius 2 is 2.00 bits per heavy atom. The number of hydrogen-bond acceptors (Lipinski definition) is 5. The number of anilines is 1. The molecule has 1 N–H and O–H groups in total. The van der Waals surface area contributed by atoms with Gasteiger partial charge in [0.15, 0.2) is 0 Å². The molecule has 6 heteroatoms. The summed E-state index contributed by atoms with van der Waals surface area (Å²) < 4.78 is 18.4. The number of ether oxygens (including phenoxy) is 1. The van der Waals surface area contributed by atoms with E-state index in [4.69, 9.17) is 9.84 Å². The van der Waals surface area contributed by atoms with E-state index in [0.29, 0.717) is 23.5 Å². The topological polar surface area (TPSA) is 58.5 Å². The molecule has 104 valence electrons. The number of rotatable bonds is 4. The third-order valence-corrected chi connectivity index (χ3v) is 3.15. The smallest absolute Gasteiger partial charge is 0.228 e. The van der Waals surface area contributed by atoms with Crippen LogP contribution in [0.2, 0.25) is 0 Å². The Kier molecular flexibility index (Phi) is 3.47. The van der Waals surface area contributed by atoms with E-state index in [1.165, 1.54) is 12.1 Å². The molecule has 1 aromatic carbocycles. The third kappa shape index (κ3) is 2.70. The number of hydrogen-bond donors (Lipinski definition) is 1. The highest BCUT2D eigenvalue weighted by Crippen LogP contribution is 2.24. The minimum atomic E-state index is -0.309. The van der Waals surface area contributed by atoms with Crippen LogP contribution in [0.5, 0.6) is 11.6 Å². The molecule has 0 unspecified atom stereocenters. The van der Waals surface area contributed by atoms with Crippen LogP contribution in [0.15, 0.2) is 36.5 Å². The maximum absolute atomic E-state index is 12.8. The summed E-state index contributed by atoms with van der Waals surface area (Å²) in [5, 5.41) is 9.00. The molecule has 0 spiro atoms. The van der Waals surface area contributed by atoms with Crippen molar-refractivity contribution >= 4 is 5.95 Å². The molecule has 0 atom stereocenters. The number of nitrogens with zero attached hydrogens (tertiary/aromatic N) is 3. The van der Waals surface area contributed by atoms with Crippen molar-refractivity contribution in [1.29, 1.82) is 0 Å². The van der Waals surface area contributed by atoms with Gasteiger partial charge in [0.25, 0.3) is 0 Å². The van der Waals surface area contributed by atoms with E-state index in [1.807, 2.05) is 4.90 Å². The van der Waals surface area contributed by atoms with Crippen molar-refractivity contribution < 1.29 is 14.2 Å². The molecule has 0 bridgehead atoms. The number of aliphatic hydroxyl groups is 1. The zero-order valence-electron chi connectivity index (χ0n) is 10.7. The van der Waals surface area contributed by atoms with E-state index in [1.54, 1.807) is 24.4 Å². The van der Waals surface area contributed by atoms with Gasteiger partial charge in [-0.2, -0.15) is 4.98 Å². The van der Waals surface area contributed by atoms with Gasteiger partial charge in [-0.1, -0.05) is 0 Å². The highest BCUT2D eigenvalue weighted by Gasteiger charge is 2.28. The van der Waals surface area contributed by atoms with Gasteiger partial charge in [0.05, 0.1) is 0 Å². The average molecular weight is 275 g/mol. The SMILES string of the molecule is OCC1CN(c2nccc(Oc3ccc(F)cc3)n2)C1. The van der Waals surface area contributed by atoms with Gasteiger partial charge < -0.3 is 14.7 Å². The number of aromatic nitrogens is 2. The van der Waals surface area contributed by atoms with Crippen LogP contribution >= 0.6 is 0 Å². The average Bonchev–Trinajstić information content (AvgIpc) is 2.41. The predicted octanol–water partition coefficient (Wildman–Crippen LogP) is 1.84. The first-order valence-electron chi connectivity index (χ1n) is 6.37. The lowest BCUT2D eigenvalue weighted by Gasteiger charge is -2.38. The van der Waals surface area contributed by atoms with Crippen LogP contribution in [0.25, 0.3) is 0 Å². The van der Waals surface area contributed by atoms with Gasteiger partial charge in [-0.05, 0) is 24.3 Å². The van der Waals surface area contributed by atoms with Crippen LogP contribution in [-0.4, -0.2) is 34.8 Å². The van der Waals surface area contributed by atoms with E-state index < -0.39 is 0 Å². The molecule has 0 saturated carbocycles. The van der Waals surface area contributed by atoms with E-state index in [9.17, 15) is 4.39 Å². The molecular formula is C14H14FN3O2. The summed E-state index contributed by atoms with van der Waals surface area (Å²) in [6.45, 7) is 1.68. The summed E-state index contributed by atoms with van der Waals surface area (Å²) in [5.74, 6) is 1.49. The van der Waals surface area contributed by atoms with Crippen LogP contribution < -0.4 is 9.64 Å². The summed E-state index contributed by atoms with van der Waals surface area (Å²) >= 11 is 0. The normalized spacial score (nSPS) is 15.0. The molecule has 0 amide bonds. The Bertz CT molecular complexity index is 585. The van der Waals surface area contributed by atoms with Gasteiger partial charge in [-0.3, -0.25) is 0 Å². The third-order valence-electron chi connectivity index (χ3n) is 3.15. The van der Waals surface area contributed by atoms with Crippen molar-refractivity contribution in [2.45, 2.75) is 0 Å². The van der Waals surface area contributed by atoms with Gasteiger partial charge in [0, 0.05) is 37.9 Å². The first kappa shape index (κ1) is 12.8. The van der Waals surface area contributed by atoms with Crippen molar-refractivity contribution in [3.63, 3.8) is 0 Å².